The molecule has 0 amide bonds. The summed E-state index contributed by atoms with van der Waals surface area (Å²) in [6, 6.07) is 2.49. The summed E-state index contributed by atoms with van der Waals surface area (Å²) >= 11 is 0. The number of hydrogen-bond acceptors (Lipinski definition) is 3. The molecule has 1 aromatic heterocycles. The highest BCUT2D eigenvalue weighted by molar-refractivity contribution is 5.17. The molecular formula is C16H29N3O. The summed E-state index contributed by atoms with van der Waals surface area (Å²) in [4.78, 5) is 0. The Labute approximate surface area is 122 Å². The van der Waals surface area contributed by atoms with E-state index in [4.69, 9.17) is 4.74 Å². The average Bonchev–Trinajstić information content (AvgIpc) is 2.78. The van der Waals surface area contributed by atoms with E-state index in [1.807, 2.05) is 18.8 Å². The van der Waals surface area contributed by atoms with E-state index in [9.17, 15) is 0 Å². The second kappa shape index (κ2) is 5.15. The molecular weight excluding hydrogens is 250 g/mol. The van der Waals surface area contributed by atoms with Gasteiger partial charge in [-0.2, -0.15) is 5.10 Å². The van der Waals surface area contributed by atoms with E-state index < -0.39 is 0 Å². The smallest absolute Gasteiger partial charge is 0.0681 e. The third kappa shape index (κ3) is 2.77. The van der Waals surface area contributed by atoms with Gasteiger partial charge in [-0.1, -0.05) is 6.92 Å². The quantitative estimate of drug-likeness (QED) is 0.921. The maximum Gasteiger partial charge on any atom is 0.0681 e. The van der Waals surface area contributed by atoms with E-state index >= 15 is 0 Å². The van der Waals surface area contributed by atoms with Crippen LogP contribution in [0, 0.1) is 5.92 Å². The molecule has 0 radical (unpaired) electrons. The monoisotopic (exact) mass is 279 g/mol. The molecule has 2 heterocycles. The molecule has 0 bridgehead atoms. The van der Waals surface area contributed by atoms with Crippen LogP contribution >= 0.6 is 0 Å². The fourth-order valence-electron chi connectivity index (χ4n) is 3.69. The zero-order valence-corrected chi connectivity index (χ0v) is 13.9. The van der Waals surface area contributed by atoms with Crippen LogP contribution in [0.3, 0.4) is 0 Å². The van der Waals surface area contributed by atoms with Crippen LogP contribution < -0.4 is 5.32 Å². The molecule has 2 unspecified atom stereocenters. The van der Waals surface area contributed by atoms with Gasteiger partial charge in [0.05, 0.1) is 28.6 Å². The Morgan fingerprint density at radius 1 is 1.45 bits per heavy atom. The molecule has 2 atom stereocenters. The van der Waals surface area contributed by atoms with Crippen LogP contribution in [-0.4, -0.2) is 28.0 Å². The third-order valence-corrected chi connectivity index (χ3v) is 4.50. The lowest BCUT2D eigenvalue weighted by molar-refractivity contribution is -0.0778. The Balaban J connectivity index is 2.35. The predicted molar refractivity (Wildman–Crippen MR) is 81.7 cm³/mol. The summed E-state index contributed by atoms with van der Waals surface area (Å²) < 4.78 is 8.27. The molecule has 1 saturated heterocycles. The van der Waals surface area contributed by atoms with E-state index in [1.165, 1.54) is 5.69 Å². The van der Waals surface area contributed by atoms with Crippen LogP contribution in [0.15, 0.2) is 6.07 Å². The summed E-state index contributed by atoms with van der Waals surface area (Å²) in [6.45, 7) is 10.9. The molecule has 1 aliphatic rings. The first-order valence-electron chi connectivity index (χ1n) is 7.60. The Morgan fingerprint density at radius 2 is 2.10 bits per heavy atom. The molecule has 0 aliphatic carbocycles. The highest BCUT2D eigenvalue weighted by Gasteiger charge is 2.49. The first-order chi connectivity index (χ1) is 9.20. The van der Waals surface area contributed by atoms with Gasteiger partial charge in [-0.05, 0) is 53.7 Å². The van der Waals surface area contributed by atoms with Crippen molar-refractivity contribution in [1.29, 1.82) is 0 Å². The van der Waals surface area contributed by atoms with Gasteiger partial charge in [-0.25, -0.2) is 0 Å². The van der Waals surface area contributed by atoms with Gasteiger partial charge >= 0.3 is 0 Å². The van der Waals surface area contributed by atoms with Gasteiger partial charge < -0.3 is 10.1 Å². The molecule has 1 aliphatic heterocycles. The first-order valence-corrected chi connectivity index (χ1v) is 7.60. The number of aryl methyl sites for hydroxylation is 2. The summed E-state index contributed by atoms with van der Waals surface area (Å²) in [5.74, 6) is 0.433. The SMILES string of the molecule is CCc1cc(C(NC)C2CC(C)(C)OC2(C)C)n(C)n1. The Kier molecular flexibility index (Phi) is 4.00. The number of aromatic nitrogens is 2. The molecule has 1 N–H and O–H groups in total. The molecule has 20 heavy (non-hydrogen) atoms. The van der Waals surface area contributed by atoms with Crippen molar-refractivity contribution in [3.05, 3.63) is 17.5 Å². The number of nitrogens with zero attached hydrogens (tertiary/aromatic N) is 2. The summed E-state index contributed by atoms with van der Waals surface area (Å²) in [5, 5.41) is 8.08. The number of nitrogens with one attached hydrogen (secondary N) is 1. The number of ether oxygens (including phenoxy) is 1. The normalized spacial score (nSPS) is 25.9. The second-order valence-electron chi connectivity index (χ2n) is 7.08. The fraction of sp³-hybridized carbons (Fsp3) is 0.812. The zero-order chi connectivity index (χ0) is 15.1. The molecule has 0 saturated carbocycles. The molecule has 0 spiro atoms. The fourth-order valence-corrected chi connectivity index (χ4v) is 3.69. The van der Waals surface area contributed by atoms with E-state index in [0.29, 0.717) is 5.92 Å². The van der Waals surface area contributed by atoms with E-state index in [1.54, 1.807) is 0 Å². The molecule has 4 nitrogen and oxygen atoms in total. The minimum Gasteiger partial charge on any atom is -0.369 e. The molecule has 4 heteroatoms. The average molecular weight is 279 g/mol. The molecule has 0 aromatic carbocycles. The van der Waals surface area contributed by atoms with Crippen LogP contribution in [0.2, 0.25) is 0 Å². The van der Waals surface area contributed by atoms with Gasteiger partial charge in [0.1, 0.15) is 0 Å². The van der Waals surface area contributed by atoms with Gasteiger partial charge in [0.15, 0.2) is 0 Å². The van der Waals surface area contributed by atoms with Crippen molar-refractivity contribution in [2.75, 3.05) is 7.05 Å². The Morgan fingerprint density at radius 3 is 2.50 bits per heavy atom. The van der Waals surface area contributed by atoms with Gasteiger partial charge in [-0.15, -0.1) is 0 Å². The highest BCUT2D eigenvalue weighted by Crippen LogP contribution is 2.47. The summed E-state index contributed by atoms with van der Waals surface area (Å²) in [7, 11) is 4.07. The molecule has 1 aromatic rings. The number of hydrogen-bond donors (Lipinski definition) is 1. The van der Waals surface area contributed by atoms with Crippen molar-refractivity contribution in [2.45, 2.75) is 64.7 Å². The lowest BCUT2D eigenvalue weighted by Gasteiger charge is -2.32. The van der Waals surface area contributed by atoms with Crippen molar-refractivity contribution < 1.29 is 4.74 Å². The van der Waals surface area contributed by atoms with Gasteiger partial charge in [0.2, 0.25) is 0 Å². The minimum atomic E-state index is -0.131. The Hall–Kier alpha value is -0.870. The second-order valence-corrected chi connectivity index (χ2v) is 7.08. The van der Waals surface area contributed by atoms with Crippen LogP contribution in [0.5, 0.6) is 0 Å². The van der Waals surface area contributed by atoms with Crippen molar-refractivity contribution in [2.24, 2.45) is 13.0 Å². The number of rotatable bonds is 4. The van der Waals surface area contributed by atoms with E-state index in [-0.39, 0.29) is 17.2 Å². The predicted octanol–water partition coefficient (Wildman–Crippen LogP) is 2.84. The van der Waals surface area contributed by atoms with Crippen molar-refractivity contribution in [1.82, 2.24) is 15.1 Å². The summed E-state index contributed by atoms with van der Waals surface area (Å²) in [6.07, 6.45) is 2.03. The standard InChI is InChI=1S/C16H29N3O/c1-8-11-9-13(19(7)18-11)14(17-6)12-10-15(2,3)20-16(12,4)5/h9,12,14,17H,8,10H2,1-7H3. The first kappa shape index (κ1) is 15.5. The van der Waals surface area contributed by atoms with E-state index in [2.05, 4.69) is 51.1 Å². The lowest BCUT2D eigenvalue weighted by atomic mass is 9.80. The lowest BCUT2D eigenvalue weighted by Crippen LogP contribution is -2.38. The summed E-state index contributed by atoms with van der Waals surface area (Å²) in [5.41, 5.74) is 2.21. The van der Waals surface area contributed by atoms with E-state index in [0.717, 1.165) is 18.5 Å². The molecule has 1 fully saturated rings. The highest BCUT2D eigenvalue weighted by atomic mass is 16.5. The topological polar surface area (TPSA) is 39.1 Å². The Bertz CT molecular complexity index is 476. The van der Waals surface area contributed by atoms with Gasteiger partial charge in [0, 0.05) is 13.0 Å². The third-order valence-electron chi connectivity index (χ3n) is 4.50. The molecule has 114 valence electrons. The van der Waals surface area contributed by atoms with Gasteiger partial charge in [0.25, 0.3) is 0 Å². The van der Waals surface area contributed by atoms with Crippen molar-refractivity contribution >= 4 is 0 Å². The largest absolute Gasteiger partial charge is 0.369 e. The van der Waals surface area contributed by atoms with Gasteiger partial charge in [-0.3, -0.25) is 4.68 Å². The minimum absolute atomic E-state index is 0.0601. The zero-order valence-electron chi connectivity index (χ0n) is 13.9. The van der Waals surface area contributed by atoms with Crippen LogP contribution in [-0.2, 0) is 18.2 Å². The van der Waals surface area contributed by atoms with Crippen LogP contribution in [0.4, 0.5) is 0 Å². The van der Waals surface area contributed by atoms with Crippen LogP contribution in [0.25, 0.3) is 0 Å². The van der Waals surface area contributed by atoms with Crippen molar-refractivity contribution in [3.8, 4) is 0 Å². The maximum absolute atomic E-state index is 6.26. The van der Waals surface area contributed by atoms with Crippen molar-refractivity contribution in [3.63, 3.8) is 0 Å². The molecule has 2 rings (SSSR count). The van der Waals surface area contributed by atoms with Crippen LogP contribution in [0.1, 0.15) is 58.5 Å². The maximum atomic E-state index is 6.26.